The maximum atomic E-state index is 9.31. The van der Waals surface area contributed by atoms with Crippen molar-refractivity contribution in [3.63, 3.8) is 0 Å². The second kappa shape index (κ2) is 2.26. The highest BCUT2D eigenvalue weighted by molar-refractivity contribution is 5.13. The van der Waals surface area contributed by atoms with Crippen LogP contribution in [0.4, 0.5) is 0 Å². The molecule has 1 saturated heterocycles. The van der Waals surface area contributed by atoms with E-state index in [2.05, 4.69) is 12.0 Å². The SMILES string of the molecule is NC#CC1(O)CCOC1. The maximum absolute atomic E-state index is 9.31. The van der Waals surface area contributed by atoms with Gasteiger partial charge in [0.2, 0.25) is 0 Å². The van der Waals surface area contributed by atoms with Gasteiger partial charge >= 0.3 is 0 Å². The molecule has 3 N–H and O–H groups in total. The molecule has 1 aliphatic heterocycles. The van der Waals surface area contributed by atoms with Gasteiger partial charge in [-0.2, -0.15) is 0 Å². The summed E-state index contributed by atoms with van der Waals surface area (Å²) in [5.41, 5.74) is 3.95. The summed E-state index contributed by atoms with van der Waals surface area (Å²) in [5, 5.41) is 9.31. The quantitative estimate of drug-likeness (QED) is 0.326. The highest BCUT2D eigenvalue weighted by atomic mass is 16.5. The van der Waals surface area contributed by atoms with E-state index in [9.17, 15) is 5.11 Å². The van der Waals surface area contributed by atoms with E-state index in [0.29, 0.717) is 13.0 Å². The molecular weight excluding hydrogens is 118 g/mol. The molecule has 1 unspecified atom stereocenters. The van der Waals surface area contributed by atoms with Crippen molar-refractivity contribution < 1.29 is 9.84 Å². The summed E-state index contributed by atoms with van der Waals surface area (Å²) >= 11 is 0. The van der Waals surface area contributed by atoms with Crippen LogP contribution in [0, 0.1) is 12.0 Å². The minimum Gasteiger partial charge on any atom is -0.377 e. The van der Waals surface area contributed by atoms with Crippen LogP contribution in [0.25, 0.3) is 0 Å². The summed E-state index contributed by atoms with van der Waals surface area (Å²) in [7, 11) is 0. The van der Waals surface area contributed by atoms with Gasteiger partial charge in [0.15, 0.2) is 5.60 Å². The molecule has 3 heteroatoms. The van der Waals surface area contributed by atoms with Gasteiger partial charge in [-0.25, -0.2) is 0 Å². The lowest BCUT2D eigenvalue weighted by atomic mass is 10.1. The highest BCUT2D eigenvalue weighted by Crippen LogP contribution is 2.16. The average Bonchev–Trinajstić information content (AvgIpc) is 2.16. The Labute approximate surface area is 53.8 Å². The van der Waals surface area contributed by atoms with Crippen LogP contribution in [0.5, 0.6) is 0 Å². The molecule has 0 aromatic heterocycles. The number of aliphatic hydroxyl groups is 1. The fraction of sp³-hybridized carbons (Fsp3) is 0.667. The van der Waals surface area contributed by atoms with E-state index in [1.807, 2.05) is 0 Å². The first-order valence-corrected chi connectivity index (χ1v) is 2.80. The van der Waals surface area contributed by atoms with Crippen molar-refractivity contribution in [3.05, 3.63) is 0 Å². The molecule has 3 nitrogen and oxygen atoms in total. The molecular formula is C6H9NO2. The van der Waals surface area contributed by atoms with Gasteiger partial charge < -0.3 is 15.6 Å². The minimum absolute atomic E-state index is 0.289. The molecule has 50 valence electrons. The van der Waals surface area contributed by atoms with Gasteiger partial charge in [0.25, 0.3) is 0 Å². The average molecular weight is 127 g/mol. The third-order valence-corrected chi connectivity index (χ3v) is 1.31. The van der Waals surface area contributed by atoms with Crippen molar-refractivity contribution >= 4 is 0 Å². The number of hydrogen-bond acceptors (Lipinski definition) is 3. The fourth-order valence-corrected chi connectivity index (χ4v) is 0.787. The normalized spacial score (nSPS) is 33.4. The summed E-state index contributed by atoms with van der Waals surface area (Å²) in [6.45, 7) is 0.863. The van der Waals surface area contributed by atoms with Crippen molar-refractivity contribution in [1.82, 2.24) is 0 Å². The van der Waals surface area contributed by atoms with E-state index < -0.39 is 5.60 Å². The standard InChI is InChI=1S/C6H9NO2/c7-3-1-6(8)2-4-9-5-6/h8H,2,4-5,7H2. The van der Waals surface area contributed by atoms with Gasteiger partial charge in [0.1, 0.15) is 0 Å². The number of rotatable bonds is 0. The first-order valence-electron chi connectivity index (χ1n) is 2.80. The summed E-state index contributed by atoms with van der Waals surface area (Å²) in [6, 6.07) is 2.17. The molecule has 0 radical (unpaired) electrons. The van der Waals surface area contributed by atoms with Gasteiger partial charge in [0, 0.05) is 12.5 Å². The van der Waals surface area contributed by atoms with E-state index in [1.54, 1.807) is 0 Å². The first kappa shape index (κ1) is 6.40. The van der Waals surface area contributed by atoms with Crippen LogP contribution in [0.1, 0.15) is 6.42 Å². The number of nitrogens with two attached hydrogens (primary N) is 1. The molecule has 1 fully saturated rings. The molecule has 1 rings (SSSR count). The van der Waals surface area contributed by atoms with Crippen LogP contribution in [0.2, 0.25) is 0 Å². The molecule has 0 aromatic carbocycles. The highest BCUT2D eigenvalue weighted by Gasteiger charge is 2.29. The molecule has 0 saturated carbocycles. The van der Waals surface area contributed by atoms with Crippen molar-refractivity contribution in [2.45, 2.75) is 12.0 Å². The zero-order valence-corrected chi connectivity index (χ0v) is 5.05. The van der Waals surface area contributed by atoms with Crippen LogP contribution in [-0.2, 0) is 4.74 Å². The smallest absolute Gasteiger partial charge is 0.152 e. The predicted octanol–water partition coefficient (Wildman–Crippen LogP) is -0.943. The van der Waals surface area contributed by atoms with Crippen LogP contribution in [-0.4, -0.2) is 23.9 Å². The van der Waals surface area contributed by atoms with E-state index in [0.717, 1.165) is 0 Å². The Bertz CT molecular complexity index is 150. The molecule has 9 heavy (non-hydrogen) atoms. The zero-order chi connectivity index (χ0) is 6.74. The van der Waals surface area contributed by atoms with Gasteiger partial charge in [0.05, 0.1) is 13.2 Å². The Kier molecular flexibility index (Phi) is 1.60. The Morgan fingerprint density at radius 3 is 2.89 bits per heavy atom. The number of hydrogen-bond donors (Lipinski definition) is 2. The third kappa shape index (κ3) is 1.35. The molecule has 0 bridgehead atoms. The largest absolute Gasteiger partial charge is 0.377 e. The van der Waals surface area contributed by atoms with E-state index in [1.165, 1.54) is 0 Å². The van der Waals surface area contributed by atoms with Crippen molar-refractivity contribution in [2.75, 3.05) is 13.2 Å². The topological polar surface area (TPSA) is 55.5 Å². The van der Waals surface area contributed by atoms with Gasteiger partial charge in [-0.3, -0.25) is 0 Å². The van der Waals surface area contributed by atoms with Gasteiger partial charge in [-0.05, 0) is 5.92 Å². The number of ether oxygens (including phenoxy) is 1. The van der Waals surface area contributed by atoms with Crippen molar-refractivity contribution in [1.29, 1.82) is 0 Å². The molecule has 1 aliphatic rings. The van der Waals surface area contributed by atoms with Crippen LogP contribution < -0.4 is 5.73 Å². The summed E-state index contributed by atoms with van der Waals surface area (Å²) in [4.78, 5) is 0. The first-order chi connectivity index (χ1) is 4.27. The van der Waals surface area contributed by atoms with E-state index >= 15 is 0 Å². The lowest BCUT2D eigenvalue weighted by molar-refractivity contribution is 0.0764. The summed E-state index contributed by atoms with van der Waals surface area (Å²) in [5.74, 6) is 2.48. The van der Waals surface area contributed by atoms with Crippen molar-refractivity contribution in [2.24, 2.45) is 5.73 Å². The Balaban J connectivity index is 2.58. The summed E-state index contributed by atoms with van der Waals surface area (Å²) < 4.78 is 4.90. The molecule has 0 aliphatic carbocycles. The van der Waals surface area contributed by atoms with Gasteiger partial charge in [-0.15, -0.1) is 0 Å². The monoisotopic (exact) mass is 127 g/mol. The third-order valence-electron chi connectivity index (χ3n) is 1.31. The van der Waals surface area contributed by atoms with E-state index in [4.69, 9.17) is 10.5 Å². The lowest BCUT2D eigenvalue weighted by Gasteiger charge is -2.09. The minimum atomic E-state index is -0.964. The fourth-order valence-electron chi connectivity index (χ4n) is 0.787. The predicted molar refractivity (Wildman–Crippen MR) is 32.3 cm³/mol. The summed E-state index contributed by atoms with van der Waals surface area (Å²) in [6.07, 6.45) is 0.567. The zero-order valence-electron chi connectivity index (χ0n) is 5.05. The lowest BCUT2D eigenvalue weighted by Crippen LogP contribution is -2.26. The second-order valence-electron chi connectivity index (χ2n) is 2.10. The van der Waals surface area contributed by atoms with Crippen molar-refractivity contribution in [3.8, 4) is 12.0 Å². The van der Waals surface area contributed by atoms with Crippen LogP contribution >= 0.6 is 0 Å². The second-order valence-corrected chi connectivity index (χ2v) is 2.10. The molecule has 0 amide bonds. The van der Waals surface area contributed by atoms with Crippen LogP contribution in [0.15, 0.2) is 0 Å². The Morgan fingerprint density at radius 2 is 2.44 bits per heavy atom. The molecule has 1 heterocycles. The Morgan fingerprint density at radius 1 is 1.67 bits per heavy atom. The Hall–Kier alpha value is -0.720. The maximum Gasteiger partial charge on any atom is 0.152 e. The molecule has 0 aromatic rings. The molecule has 1 atom stereocenters. The van der Waals surface area contributed by atoms with E-state index in [-0.39, 0.29) is 6.61 Å². The molecule has 0 spiro atoms. The van der Waals surface area contributed by atoms with Gasteiger partial charge in [-0.1, -0.05) is 0 Å². The van der Waals surface area contributed by atoms with Crippen LogP contribution in [0.3, 0.4) is 0 Å².